The summed E-state index contributed by atoms with van der Waals surface area (Å²) in [7, 11) is 0. The minimum absolute atomic E-state index is 0. The van der Waals surface area contributed by atoms with Gasteiger partial charge in [0.05, 0.1) is 13.0 Å². The molecule has 0 fully saturated rings. The van der Waals surface area contributed by atoms with Crippen molar-refractivity contribution in [1.29, 1.82) is 0 Å². The van der Waals surface area contributed by atoms with Crippen molar-refractivity contribution in [2.45, 2.75) is 25.8 Å². The van der Waals surface area contributed by atoms with E-state index in [2.05, 4.69) is 21.2 Å². The fourth-order valence-corrected chi connectivity index (χ4v) is 1.69. The van der Waals surface area contributed by atoms with Crippen LogP contribution in [0.4, 0.5) is 0 Å². The minimum Gasteiger partial charge on any atom is -0.493 e. The Morgan fingerprint density at radius 1 is 1.47 bits per heavy atom. The maximum atomic E-state index is 11.6. The Bertz CT molecular complexity index is 413. The van der Waals surface area contributed by atoms with Crippen molar-refractivity contribution >= 4 is 34.2 Å². The van der Waals surface area contributed by atoms with Gasteiger partial charge in [-0.05, 0) is 32.0 Å². The molecule has 0 unspecified atom stereocenters. The molecular weight excluding hydrogens is 332 g/mol. The number of nitrogens with one attached hydrogen (secondary N) is 1. The molecule has 0 saturated carbocycles. The number of nitrogens with two attached hydrogens (primary N) is 1. The third-order valence-electron chi connectivity index (χ3n) is 2.38. The van der Waals surface area contributed by atoms with E-state index in [4.69, 9.17) is 10.5 Å². The van der Waals surface area contributed by atoms with Gasteiger partial charge in [0, 0.05) is 16.6 Å². The first kappa shape index (κ1) is 18.2. The van der Waals surface area contributed by atoms with Gasteiger partial charge >= 0.3 is 0 Å². The first-order valence-electron chi connectivity index (χ1n) is 5.82. The highest BCUT2D eigenvalue weighted by molar-refractivity contribution is 9.10. The quantitative estimate of drug-likeness (QED) is 0.827. The van der Waals surface area contributed by atoms with Crippen molar-refractivity contribution in [3.05, 3.63) is 28.7 Å². The number of ether oxygens (including phenoxy) is 1. The van der Waals surface area contributed by atoms with Crippen molar-refractivity contribution in [3.63, 3.8) is 0 Å². The lowest BCUT2D eigenvalue weighted by atomic mass is 10.1. The van der Waals surface area contributed by atoms with Crippen molar-refractivity contribution in [2.24, 2.45) is 5.73 Å². The number of carbonyl (C=O) groups is 1. The van der Waals surface area contributed by atoms with Crippen LogP contribution in [0, 0.1) is 0 Å². The van der Waals surface area contributed by atoms with E-state index in [9.17, 15) is 4.79 Å². The Morgan fingerprint density at radius 2 is 2.16 bits per heavy atom. The molecule has 0 aliphatic carbocycles. The second-order valence-corrected chi connectivity index (χ2v) is 5.61. The van der Waals surface area contributed by atoms with Crippen LogP contribution >= 0.6 is 28.3 Å². The summed E-state index contributed by atoms with van der Waals surface area (Å²) in [5.41, 5.74) is 5.17. The molecule has 1 rings (SSSR count). The SMILES string of the molecule is CC(C)(CN)NC(=O)CCOc1cccc(Br)c1.Cl. The van der Waals surface area contributed by atoms with Gasteiger partial charge < -0.3 is 15.8 Å². The summed E-state index contributed by atoms with van der Waals surface area (Å²) in [6.07, 6.45) is 0.315. The fraction of sp³-hybridized carbons (Fsp3) is 0.462. The van der Waals surface area contributed by atoms with Crippen LogP contribution in [0.1, 0.15) is 20.3 Å². The molecule has 0 radical (unpaired) electrons. The van der Waals surface area contributed by atoms with Crippen LogP contribution in [-0.4, -0.2) is 24.6 Å². The number of rotatable bonds is 6. The lowest BCUT2D eigenvalue weighted by Gasteiger charge is -2.24. The van der Waals surface area contributed by atoms with Crippen LogP contribution in [-0.2, 0) is 4.79 Å². The second-order valence-electron chi connectivity index (χ2n) is 4.69. The smallest absolute Gasteiger partial charge is 0.223 e. The maximum absolute atomic E-state index is 11.6. The summed E-state index contributed by atoms with van der Waals surface area (Å²) in [5.74, 6) is 0.690. The van der Waals surface area contributed by atoms with Crippen LogP contribution in [0.25, 0.3) is 0 Å². The third-order valence-corrected chi connectivity index (χ3v) is 2.88. The maximum Gasteiger partial charge on any atom is 0.223 e. The summed E-state index contributed by atoms with van der Waals surface area (Å²) in [6.45, 7) is 4.54. The zero-order valence-corrected chi connectivity index (χ0v) is 13.5. The van der Waals surface area contributed by atoms with Crippen molar-refractivity contribution in [1.82, 2.24) is 5.32 Å². The Balaban J connectivity index is 0.00000324. The lowest BCUT2D eigenvalue weighted by Crippen LogP contribution is -2.49. The molecular formula is C13H20BrClN2O2. The van der Waals surface area contributed by atoms with Crippen LogP contribution in [0.3, 0.4) is 0 Å². The Hall–Kier alpha value is -0.780. The number of carbonyl (C=O) groups excluding carboxylic acids is 1. The van der Waals surface area contributed by atoms with Gasteiger partial charge in [-0.3, -0.25) is 4.79 Å². The highest BCUT2D eigenvalue weighted by atomic mass is 79.9. The zero-order chi connectivity index (χ0) is 13.6. The van der Waals surface area contributed by atoms with Crippen LogP contribution < -0.4 is 15.8 Å². The Labute approximate surface area is 128 Å². The fourth-order valence-electron chi connectivity index (χ4n) is 1.31. The standard InChI is InChI=1S/C13H19BrN2O2.ClH/c1-13(2,9-15)16-12(17)6-7-18-11-5-3-4-10(14)8-11;/h3-5,8H,6-7,9,15H2,1-2H3,(H,16,17);1H. The molecule has 0 spiro atoms. The number of halogens is 2. The molecule has 19 heavy (non-hydrogen) atoms. The molecule has 0 heterocycles. The Morgan fingerprint density at radius 3 is 2.74 bits per heavy atom. The minimum atomic E-state index is -0.368. The van der Waals surface area contributed by atoms with Gasteiger partial charge in [0.2, 0.25) is 5.91 Å². The highest BCUT2D eigenvalue weighted by Gasteiger charge is 2.17. The topological polar surface area (TPSA) is 64.3 Å². The molecule has 1 amide bonds. The van der Waals surface area contributed by atoms with Crippen molar-refractivity contribution < 1.29 is 9.53 Å². The predicted octanol–water partition coefficient (Wildman–Crippen LogP) is 2.49. The van der Waals surface area contributed by atoms with Gasteiger partial charge in [0.1, 0.15) is 5.75 Å². The van der Waals surface area contributed by atoms with Gasteiger partial charge in [-0.25, -0.2) is 0 Å². The van der Waals surface area contributed by atoms with Gasteiger partial charge in [-0.15, -0.1) is 12.4 Å². The molecule has 1 aromatic rings. The van der Waals surface area contributed by atoms with E-state index >= 15 is 0 Å². The van der Waals surface area contributed by atoms with Gasteiger partial charge in [0.15, 0.2) is 0 Å². The molecule has 3 N–H and O–H groups in total. The highest BCUT2D eigenvalue weighted by Crippen LogP contribution is 2.17. The average Bonchev–Trinajstić information content (AvgIpc) is 2.28. The predicted molar refractivity (Wildman–Crippen MR) is 82.8 cm³/mol. The molecule has 0 aliphatic rings. The van der Waals surface area contributed by atoms with E-state index in [0.717, 1.165) is 10.2 Å². The van der Waals surface area contributed by atoms with E-state index in [0.29, 0.717) is 19.6 Å². The zero-order valence-electron chi connectivity index (χ0n) is 11.1. The summed E-state index contributed by atoms with van der Waals surface area (Å²) in [4.78, 5) is 11.6. The third kappa shape index (κ3) is 7.40. The second kappa shape index (κ2) is 8.40. The first-order chi connectivity index (χ1) is 8.43. The van der Waals surface area contributed by atoms with Crippen molar-refractivity contribution in [3.8, 4) is 5.75 Å². The van der Waals surface area contributed by atoms with Crippen LogP contribution in [0.2, 0.25) is 0 Å². The molecule has 0 aromatic heterocycles. The molecule has 4 nitrogen and oxygen atoms in total. The summed E-state index contributed by atoms with van der Waals surface area (Å²) in [5, 5.41) is 2.85. The summed E-state index contributed by atoms with van der Waals surface area (Å²) >= 11 is 3.36. The van der Waals surface area contributed by atoms with Crippen molar-refractivity contribution in [2.75, 3.05) is 13.2 Å². The van der Waals surface area contributed by atoms with E-state index in [1.54, 1.807) is 0 Å². The molecule has 0 atom stereocenters. The van der Waals surface area contributed by atoms with Gasteiger partial charge in [-0.1, -0.05) is 22.0 Å². The van der Waals surface area contributed by atoms with Crippen LogP contribution in [0.5, 0.6) is 5.75 Å². The lowest BCUT2D eigenvalue weighted by molar-refractivity contribution is -0.123. The van der Waals surface area contributed by atoms with E-state index in [1.165, 1.54) is 0 Å². The number of hydrogen-bond donors (Lipinski definition) is 2. The molecule has 0 aliphatic heterocycles. The molecule has 0 bridgehead atoms. The number of amides is 1. The van der Waals surface area contributed by atoms with Gasteiger partial charge in [-0.2, -0.15) is 0 Å². The largest absolute Gasteiger partial charge is 0.493 e. The first-order valence-corrected chi connectivity index (χ1v) is 6.62. The summed E-state index contributed by atoms with van der Waals surface area (Å²) in [6, 6.07) is 7.52. The molecule has 0 saturated heterocycles. The van der Waals surface area contributed by atoms with Crippen LogP contribution in [0.15, 0.2) is 28.7 Å². The van der Waals surface area contributed by atoms with E-state index in [1.807, 2.05) is 38.1 Å². The van der Waals surface area contributed by atoms with E-state index in [-0.39, 0.29) is 23.9 Å². The van der Waals surface area contributed by atoms with Gasteiger partial charge in [0.25, 0.3) is 0 Å². The molecule has 6 heteroatoms. The molecule has 108 valence electrons. The number of benzene rings is 1. The Kier molecular flexibility index (Phi) is 8.06. The van der Waals surface area contributed by atoms with E-state index < -0.39 is 0 Å². The summed E-state index contributed by atoms with van der Waals surface area (Å²) < 4.78 is 6.44. The number of hydrogen-bond acceptors (Lipinski definition) is 3. The normalized spacial score (nSPS) is 10.5. The average molecular weight is 352 g/mol. The monoisotopic (exact) mass is 350 g/mol. The molecule has 1 aromatic carbocycles.